The number of Topliss-reactive ketones (excluding diaryl/α,β-unsaturated/α-hetero) is 5. The second-order valence-electron chi connectivity index (χ2n) is 40.7. The fourth-order valence-electron chi connectivity index (χ4n) is 21.6. The van der Waals surface area contributed by atoms with Crippen LogP contribution >= 0.6 is 11.8 Å². The molecular formula is C111H159N13O18S. The number of amides is 9. The van der Waals surface area contributed by atoms with Gasteiger partial charge in [-0.15, -0.1) is 0 Å². The summed E-state index contributed by atoms with van der Waals surface area (Å²) in [5.74, 6) is -5.95. The number of fused-ring (bicyclic) bond motifs is 6. The molecule has 0 spiro atoms. The number of nitrogens with one attached hydrogen (secondary N) is 6. The van der Waals surface area contributed by atoms with E-state index in [1.807, 2.05) is 127 Å². The molecule has 13 rings (SSSR count). The van der Waals surface area contributed by atoms with Crippen LogP contribution in [0.2, 0.25) is 0 Å². The third kappa shape index (κ3) is 29.7. The summed E-state index contributed by atoms with van der Waals surface area (Å²) in [5.41, 5.74) is 5.55. The summed E-state index contributed by atoms with van der Waals surface area (Å²) in [5, 5.41) is 31.4. The SMILES string of the molecule is CCC(=O)C(O)CCCC[C@@H]1CC(=O)[C@H]2CCCCN2C(=O)[C@H](C(C)CC)NC(=O)[C@H](Cc2cn(OC)c3ccccc23)NC1=O.CCC(=O)CCCCC[C@@H]1CC(=O)[C@H]2CCCCN2C(=O)[C@H]([C@H](C)CC)NC(=O)[C@@H](c2cnc3ccccc3c2N2CCCCC2)NC1=O.CCC(CCCCC[C@@H]1CC(=O)[C@H]2CCCCN2C(=O)[C@H](C(C)CC)NC(=O)[C@H](Cc2cn(OC)c3ccccc23)NC1=O)SC(C)=O. The van der Waals surface area contributed by atoms with Crippen molar-refractivity contribution in [2.45, 2.75) is 373 Å². The molecule has 7 fully saturated rings. The standard InChI is InChI=1S/C39H55N5O5.C37H54N4O6S.C35H50N4O7/c1-4-26(3)34-39(49)44-23-15-12-20-32(44)33(46)24-27(16-8-6-9-17-28(45)5-2)37(47)42-35(38(48)41-34)30-25-40-31-19-11-10-18-29(31)36(30)43-21-13-7-14-22-43;1-6-24(3)34-37(46)40-20-14-13-19-32(40)33(43)22-26(15-9-8-10-16-28(7-2)48-25(4)42)35(44)38-30(36(45)39-34)21-27-23-41(47-5)31-18-12-11-17-29(27)31;1-5-22(3)32-35(45)38-18-12-11-16-28(38)31(42)20-23(13-7-10-17-30(41)29(40)6-2)33(43)36-26(34(44)37-32)19-24-21-39(46-4)27-15-9-8-14-25(24)27/h10-11,18-19,25-27,32,34-35H,4-9,12-17,20-24H2,1-3H3,(H,41,48)(H,42,47);11-12,17-18,23-24,26,28,30,32,34H,6-10,13-16,19-22H2,1-5H3,(H,38,44)(H,39,45);8-9,14-15,21-23,26,28,30,32,41H,5-7,10-13,16-20H2,1-4H3,(H,36,43)(H,37,44)/t26-,27-,32-,34+,35-;24?,26-,28?,30+,32-,34+;22?,23-,26+,28-,30?,32+/m111/s1. The van der Waals surface area contributed by atoms with Crippen molar-refractivity contribution in [1.82, 2.24) is 61.0 Å². The average Bonchev–Trinajstić information content (AvgIpc) is 1.35. The molecule has 31 nitrogen and oxygen atoms in total. The van der Waals surface area contributed by atoms with E-state index in [1.165, 1.54) is 11.8 Å². The van der Waals surface area contributed by atoms with Crippen LogP contribution in [0.1, 0.15) is 317 Å². The molecule has 143 heavy (non-hydrogen) atoms. The largest absolute Gasteiger partial charge is 0.417 e. The molecule has 3 aromatic carbocycles. The first kappa shape index (κ1) is 112. The van der Waals surface area contributed by atoms with E-state index in [4.69, 9.17) is 14.7 Å². The first-order valence-electron chi connectivity index (χ1n) is 53.5. The number of ketones is 5. The number of rotatable bonds is 36. The van der Waals surface area contributed by atoms with Crippen LogP contribution in [-0.2, 0) is 84.8 Å². The highest BCUT2D eigenvalue weighted by Gasteiger charge is 2.47. The number of piperidine rings is 4. The van der Waals surface area contributed by atoms with Crippen LogP contribution in [0.15, 0.2) is 91.4 Å². The maximum absolute atomic E-state index is 14.6. The maximum atomic E-state index is 14.6. The summed E-state index contributed by atoms with van der Waals surface area (Å²) >= 11 is 1.39. The van der Waals surface area contributed by atoms with Crippen LogP contribution in [0.25, 0.3) is 32.7 Å². The molecule has 3 aromatic heterocycles. The Morgan fingerprint density at radius 1 is 0.448 bits per heavy atom. The van der Waals surface area contributed by atoms with Crippen molar-refractivity contribution in [1.29, 1.82) is 0 Å². The van der Waals surface area contributed by atoms with Crippen LogP contribution in [0.4, 0.5) is 5.69 Å². The van der Waals surface area contributed by atoms with E-state index in [0.29, 0.717) is 115 Å². The summed E-state index contributed by atoms with van der Waals surface area (Å²) < 4.78 is 3.25. The molecule has 7 aliphatic rings. The van der Waals surface area contributed by atoms with Gasteiger partial charge >= 0.3 is 0 Å². The number of benzene rings is 3. The Morgan fingerprint density at radius 2 is 0.853 bits per heavy atom. The summed E-state index contributed by atoms with van der Waals surface area (Å²) in [7, 11) is 3.12. The number of hydrogen-bond donors (Lipinski definition) is 7. The molecule has 0 bridgehead atoms. The molecule has 6 aromatic rings. The third-order valence-corrected chi connectivity index (χ3v) is 32.1. The zero-order valence-electron chi connectivity index (χ0n) is 86.6. The van der Waals surface area contributed by atoms with E-state index >= 15 is 0 Å². The third-order valence-electron chi connectivity index (χ3n) is 30.9. The molecule has 4 unspecified atom stereocenters. The molecular weight excluding hydrogens is 1840 g/mol. The number of carbonyl (C=O) groups excluding carboxylic acids is 15. The van der Waals surface area contributed by atoms with Crippen molar-refractivity contribution in [2.24, 2.45) is 35.5 Å². The van der Waals surface area contributed by atoms with Gasteiger partial charge in [-0.25, -0.2) is 0 Å². The number of pyridine rings is 1. The Bertz CT molecular complexity index is 5380. The van der Waals surface area contributed by atoms with E-state index in [2.05, 4.69) is 43.7 Å². The fraction of sp³-hybridized carbons (Fsp3) is 0.640. The molecule has 7 saturated heterocycles. The van der Waals surface area contributed by atoms with Gasteiger partial charge < -0.3 is 66.3 Å². The topological polar surface area (TPSA) is 403 Å². The van der Waals surface area contributed by atoms with Gasteiger partial charge in [0.05, 0.1) is 40.4 Å². The molecule has 782 valence electrons. The van der Waals surface area contributed by atoms with E-state index < -0.39 is 102 Å². The molecule has 7 aliphatic heterocycles. The van der Waals surface area contributed by atoms with Gasteiger partial charge in [0.25, 0.3) is 0 Å². The van der Waals surface area contributed by atoms with Crippen molar-refractivity contribution in [3.05, 3.63) is 108 Å². The molecule has 32 heteroatoms. The summed E-state index contributed by atoms with van der Waals surface area (Å²) in [6, 6.07) is 15.8. The minimum atomic E-state index is -1.11. The number of para-hydroxylation sites is 3. The van der Waals surface area contributed by atoms with Crippen molar-refractivity contribution in [3.8, 4) is 0 Å². The fourth-order valence-corrected chi connectivity index (χ4v) is 22.5. The van der Waals surface area contributed by atoms with Crippen molar-refractivity contribution >= 4 is 137 Å². The maximum Gasteiger partial charge on any atom is 0.248 e. The van der Waals surface area contributed by atoms with Crippen LogP contribution < -0.4 is 46.5 Å². The summed E-state index contributed by atoms with van der Waals surface area (Å²) in [6.45, 7) is 22.0. The van der Waals surface area contributed by atoms with Gasteiger partial charge in [0.1, 0.15) is 62.4 Å². The Kier molecular flexibility index (Phi) is 43.6. The molecule has 7 N–H and O–H groups in total. The Balaban J connectivity index is 0.000000205. The van der Waals surface area contributed by atoms with E-state index in [9.17, 15) is 77.0 Å². The van der Waals surface area contributed by atoms with Gasteiger partial charge in [0.2, 0.25) is 53.2 Å². The van der Waals surface area contributed by atoms with E-state index in [-0.39, 0.29) is 132 Å². The molecule has 17 atom stereocenters. The second-order valence-corrected chi connectivity index (χ2v) is 42.2. The van der Waals surface area contributed by atoms with Crippen molar-refractivity contribution in [3.63, 3.8) is 0 Å². The monoisotopic (exact) mass is 1990 g/mol. The number of unbranched alkanes of at least 4 members (excludes halogenated alkanes) is 5. The van der Waals surface area contributed by atoms with Gasteiger partial charge in [-0.2, -0.15) is 9.46 Å². The Labute approximate surface area is 848 Å². The lowest BCUT2D eigenvalue weighted by Gasteiger charge is -2.40. The van der Waals surface area contributed by atoms with E-state index in [0.717, 1.165) is 165 Å². The quantitative estimate of drug-likeness (QED) is 0.0180. The minimum absolute atomic E-state index is 0.00542. The smallest absolute Gasteiger partial charge is 0.248 e. The van der Waals surface area contributed by atoms with Gasteiger partial charge in [-0.3, -0.25) is 76.9 Å². The van der Waals surface area contributed by atoms with Crippen LogP contribution in [-0.4, -0.2) is 228 Å². The number of nitrogens with zero attached hydrogens (tertiary/aromatic N) is 7. The molecule has 9 amide bonds. The zero-order valence-corrected chi connectivity index (χ0v) is 87.4. The van der Waals surface area contributed by atoms with Crippen LogP contribution in [0.3, 0.4) is 0 Å². The highest BCUT2D eigenvalue weighted by Crippen LogP contribution is 2.39. The molecule has 0 saturated carbocycles. The normalized spacial score (nSPS) is 24.3. The number of aliphatic hydroxyl groups is 1. The van der Waals surface area contributed by atoms with Crippen LogP contribution in [0.5, 0.6) is 0 Å². The molecule has 0 radical (unpaired) electrons. The van der Waals surface area contributed by atoms with Gasteiger partial charge in [0.15, 0.2) is 28.2 Å². The second kappa shape index (κ2) is 55.4. The average molecular weight is 2000 g/mol. The summed E-state index contributed by atoms with van der Waals surface area (Å²) in [4.78, 5) is 228. The van der Waals surface area contributed by atoms with Crippen molar-refractivity contribution < 1.29 is 86.7 Å². The Morgan fingerprint density at radius 3 is 1.28 bits per heavy atom. The molecule has 0 aliphatic carbocycles. The summed E-state index contributed by atoms with van der Waals surface area (Å²) in [6.07, 6.45) is 26.7. The predicted molar refractivity (Wildman–Crippen MR) is 554 cm³/mol. The zero-order chi connectivity index (χ0) is 103. The van der Waals surface area contributed by atoms with Gasteiger partial charge in [-0.05, 0) is 169 Å². The van der Waals surface area contributed by atoms with Crippen LogP contribution in [0, 0.1) is 35.5 Å². The number of hydrogen-bond acceptors (Lipinski definition) is 21. The highest BCUT2D eigenvalue weighted by molar-refractivity contribution is 8.14. The van der Waals surface area contributed by atoms with E-state index in [1.54, 1.807) is 64.6 Å². The number of carbonyl (C=O) groups is 15. The number of anilines is 1. The first-order valence-corrected chi connectivity index (χ1v) is 54.4. The predicted octanol–water partition coefficient (Wildman–Crippen LogP) is 14.2. The van der Waals surface area contributed by atoms with Gasteiger partial charge in [0, 0.05) is 154 Å². The minimum Gasteiger partial charge on any atom is -0.417 e. The number of aliphatic hydroxyl groups excluding tert-OH is 1. The van der Waals surface area contributed by atoms with Gasteiger partial charge in [-0.1, -0.05) is 193 Å². The number of thioether (sulfide) groups is 1. The lowest BCUT2D eigenvalue weighted by atomic mass is 9.87. The highest BCUT2D eigenvalue weighted by atomic mass is 32.2. The lowest BCUT2D eigenvalue weighted by Crippen LogP contribution is -2.61. The molecule has 10 heterocycles. The van der Waals surface area contributed by atoms with Crippen molar-refractivity contribution in [2.75, 3.05) is 51.8 Å². The lowest BCUT2D eigenvalue weighted by molar-refractivity contribution is -0.147. The Hall–Kier alpha value is -10.9. The number of aromatic nitrogens is 3. The first-order chi connectivity index (χ1) is 68.9.